The number of primary amides is 1. The Morgan fingerprint density at radius 2 is 1.89 bits per heavy atom. The van der Waals surface area contributed by atoms with Gasteiger partial charge >= 0.3 is 6.18 Å². The van der Waals surface area contributed by atoms with Gasteiger partial charge < -0.3 is 26.2 Å². The largest absolute Gasteiger partial charge is 0.508 e. The minimum atomic E-state index is -4.56. The molecule has 38 heavy (non-hydrogen) atoms. The zero-order chi connectivity index (χ0) is 28.3. The average molecular weight is 541 g/mol. The lowest BCUT2D eigenvalue weighted by Gasteiger charge is -2.50. The molecule has 0 aromatic heterocycles. The van der Waals surface area contributed by atoms with Crippen LogP contribution in [-0.2, 0) is 32.2 Å². The summed E-state index contributed by atoms with van der Waals surface area (Å²) in [7, 11) is 2.96. The number of benzene rings is 1. The Balaban J connectivity index is 1.81. The lowest BCUT2D eigenvalue weighted by atomic mass is 9.57. The van der Waals surface area contributed by atoms with Crippen molar-refractivity contribution in [2.45, 2.75) is 37.2 Å². The number of amides is 1. The zero-order valence-corrected chi connectivity index (χ0v) is 20.3. The van der Waals surface area contributed by atoms with E-state index >= 15 is 0 Å². The first kappa shape index (κ1) is 27.6. The van der Waals surface area contributed by atoms with Crippen molar-refractivity contribution < 1.29 is 52.8 Å². The predicted molar refractivity (Wildman–Crippen MR) is 123 cm³/mol. The Hall–Kier alpha value is -3.46. The number of alkyl halides is 3. The molecule has 2 unspecified atom stereocenters. The van der Waals surface area contributed by atoms with Crippen LogP contribution in [0.3, 0.4) is 0 Å². The highest BCUT2D eigenvalue weighted by atomic mass is 19.4. The monoisotopic (exact) mass is 541 g/mol. The van der Waals surface area contributed by atoms with Gasteiger partial charge in [-0.1, -0.05) is 6.07 Å². The zero-order valence-electron chi connectivity index (χ0n) is 20.3. The van der Waals surface area contributed by atoms with Gasteiger partial charge in [-0.3, -0.25) is 24.1 Å². The molecule has 0 bridgehead atoms. The second-order valence-corrected chi connectivity index (χ2v) is 9.78. The first-order valence-electron chi connectivity index (χ1n) is 11.5. The third-order valence-electron chi connectivity index (χ3n) is 7.30. The molecule has 4 rings (SSSR count). The van der Waals surface area contributed by atoms with Gasteiger partial charge in [0, 0.05) is 18.0 Å². The lowest BCUT2D eigenvalue weighted by Crippen LogP contribution is -2.65. The number of rotatable bonds is 6. The van der Waals surface area contributed by atoms with Crippen molar-refractivity contribution in [3.05, 3.63) is 45.7 Å². The standard InChI is InChI=1S/C24H26F3N3O8/c1-30(2)17-12-6-10-5-11-9(7-29-38-8-23(25,26)27)3-4-13(31)15(11)18(32)14(10)20(34)24(12,37)21(35)16(19(17)33)22(28)36/h3-4,10,12,17,29,31-32,35,37H,5-8H2,1-2H3,(H2,28,36)/t10?,12?,17-,24+/m1/s1. The number of aliphatic hydroxyl groups excluding tert-OH is 2. The highest BCUT2D eigenvalue weighted by molar-refractivity contribution is 6.24. The van der Waals surface area contributed by atoms with E-state index in [0.717, 1.165) is 0 Å². The number of nitrogens with one attached hydrogen (secondary N) is 1. The molecule has 1 fully saturated rings. The normalized spacial score (nSPS) is 27.4. The van der Waals surface area contributed by atoms with Crippen molar-refractivity contribution in [3.63, 3.8) is 0 Å². The van der Waals surface area contributed by atoms with Crippen LogP contribution in [0.5, 0.6) is 5.75 Å². The fourth-order valence-electron chi connectivity index (χ4n) is 5.74. The van der Waals surface area contributed by atoms with Crippen molar-refractivity contribution in [1.82, 2.24) is 10.4 Å². The first-order chi connectivity index (χ1) is 17.6. The van der Waals surface area contributed by atoms with Crippen molar-refractivity contribution >= 4 is 23.2 Å². The quantitative estimate of drug-likeness (QED) is 0.169. The Morgan fingerprint density at radius 3 is 2.47 bits per heavy atom. The molecule has 7 N–H and O–H groups in total. The molecule has 1 aromatic rings. The number of phenolic OH excluding ortho intramolecular Hbond substituents is 1. The van der Waals surface area contributed by atoms with Crippen LogP contribution in [0.2, 0.25) is 0 Å². The number of carbonyl (C=O) groups is 3. The third kappa shape index (κ3) is 4.22. The summed E-state index contributed by atoms with van der Waals surface area (Å²) >= 11 is 0. The van der Waals surface area contributed by atoms with E-state index in [9.17, 15) is 48.0 Å². The van der Waals surface area contributed by atoms with Crippen LogP contribution in [-0.4, -0.2) is 81.3 Å². The summed E-state index contributed by atoms with van der Waals surface area (Å²) in [5.74, 6) is -7.75. The van der Waals surface area contributed by atoms with Gasteiger partial charge in [-0.05, 0) is 50.0 Å². The summed E-state index contributed by atoms with van der Waals surface area (Å²) < 4.78 is 37.2. The number of hydrogen-bond donors (Lipinski definition) is 6. The number of likely N-dealkylation sites (N-methyl/N-ethyl adjacent to an activating group) is 1. The number of halogens is 3. The average Bonchev–Trinajstić information content (AvgIpc) is 2.79. The summed E-state index contributed by atoms with van der Waals surface area (Å²) in [6.07, 6.45) is -4.68. The number of aliphatic hydroxyl groups is 3. The molecule has 3 aliphatic rings. The smallest absolute Gasteiger partial charge is 0.413 e. The summed E-state index contributed by atoms with van der Waals surface area (Å²) in [5.41, 5.74) is 3.97. The summed E-state index contributed by atoms with van der Waals surface area (Å²) in [4.78, 5) is 44.6. The minimum Gasteiger partial charge on any atom is -0.508 e. The number of carbonyl (C=O) groups excluding carboxylic acids is 3. The summed E-state index contributed by atoms with van der Waals surface area (Å²) in [5, 5.41) is 44.0. The molecule has 0 saturated heterocycles. The molecule has 3 aliphatic carbocycles. The van der Waals surface area contributed by atoms with E-state index in [1.54, 1.807) is 0 Å². The number of phenols is 1. The van der Waals surface area contributed by atoms with E-state index in [4.69, 9.17) is 5.73 Å². The molecule has 14 heteroatoms. The Labute approximate surface area is 213 Å². The van der Waals surface area contributed by atoms with Crippen molar-refractivity contribution in [1.29, 1.82) is 0 Å². The van der Waals surface area contributed by atoms with Crippen LogP contribution in [0.25, 0.3) is 5.76 Å². The van der Waals surface area contributed by atoms with Crippen LogP contribution in [0.15, 0.2) is 29.0 Å². The number of hydrogen-bond acceptors (Lipinski definition) is 10. The molecule has 4 atom stereocenters. The van der Waals surface area contributed by atoms with Crippen LogP contribution >= 0.6 is 0 Å². The van der Waals surface area contributed by atoms with E-state index in [-0.39, 0.29) is 30.5 Å². The van der Waals surface area contributed by atoms with Gasteiger partial charge in [-0.25, -0.2) is 0 Å². The highest BCUT2D eigenvalue weighted by Crippen LogP contribution is 2.52. The maximum Gasteiger partial charge on any atom is 0.413 e. The molecule has 1 saturated carbocycles. The lowest BCUT2D eigenvalue weighted by molar-refractivity contribution is -0.190. The van der Waals surface area contributed by atoms with Crippen molar-refractivity contribution in [2.24, 2.45) is 17.6 Å². The van der Waals surface area contributed by atoms with E-state index < -0.39 is 76.6 Å². The van der Waals surface area contributed by atoms with Crippen molar-refractivity contribution in [3.8, 4) is 5.75 Å². The van der Waals surface area contributed by atoms with E-state index in [0.29, 0.717) is 11.1 Å². The number of nitrogens with two attached hydrogens (primary N) is 1. The van der Waals surface area contributed by atoms with Gasteiger partial charge in [0.05, 0.1) is 11.6 Å². The molecule has 0 spiro atoms. The first-order valence-corrected chi connectivity index (χ1v) is 11.5. The van der Waals surface area contributed by atoms with Crippen molar-refractivity contribution in [2.75, 3.05) is 20.7 Å². The van der Waals surface area contributed by atoms with Crippen LogP contribution in [0.1, 0.15) is 23.1 Å². The molecule has 0 aliphatic heterocycles. The van der Waals surface area contributed by atoms with Crippen LogP contribution in [0, 0.1) is 11.8 Å². The van der Waals surface area contributed by atoms with E-state index in [1.165, 1.54) is 31.1 Å². The SMILES string of the molecule is CN(C)[C@H]1C(=O)C(C(N)=O)=C(O)[C@@]2(O)C(=O)C3=C(O)c4c(O)ccc(CNOCC(F)(F)F)c4CC3CC12. The highest BCUT2D eigenvalue weighted by Gasteiger charge is 2.64. The second kappa shape index (κ2) is 9.38. The summed E-state index contributed by atoms with van der Waals surface area (Å²) in [6.45, 7) is -1.79. The third-order valence-corrected chi connectivity index (χ3v) is 7.30. The number of ketones is 2. The van der Waals surface area contributed by atoms with Crippen LogP contribution in [0.4, 0.5) is 13.2 Å². The Bertz CT molecular complexity index is 1290. The number of aromatic hydroxyl groups is 1. The minimum absolute atomic E-state index is 0.000771. The Morgan fingerprint density at radius 1 is 1.24 bits per heavy atom. The number of hydroxylamine groups is 1. The molecular formula is C24H26F3N3O8. The summed E-state index contributed by atoms with van der Waals surface area (Å²) in [6, 6.07) is 1.36. The molecule has 11 nitrogen and oxygen atoms in total. The van der Waals surface area contributed by atoms with Gasteiger partial charge in [-0.2, -0.15) is 18.7 Å². The molecule has 1 amide bonds. The molecule has 0 heterocycles. The van der Waals surface area contributed by atoms with Gasteiger partial charge in [0.15, 0.2) is 18.0 Å². The molecular weight excluding hydrogens is 515 g/mol. The molecule has 0 radical (unpaired) electrons. The van der Waals surface area contributed by atoms with Gasteiger partial charge in [0.2, 0.25) is 5.78 Å². The maximum absolute atomic E-state index is 13.7. The predicted octanol–water partition coefficient (Wildman–Crippen LogP) is 0.548. The molecule has 1 aromatic carbocycles. The van der Waals surface area contributed by atoms with Gasteiger partial charge in [0.25, 0.3) is 5.91 Å². The molecule has 206 valence electrons. The Kier molecular flexibility index (Phi) is 6.80. The number of Topliss-reactive ketones (excluding diaryl/α,β-unsaturated/α-hetero) is 2. The fourth-order valence-corrected chi connectivity index (χ4v) is 5.74. The van der Waals surface area contributed by atoms with E-state index in [1.807, 2.05) is 0 Å². The van der Waals surface area contributed by atoms with Crippen LogP contribution < -0.4 is 11.2 Å². The maximum atomic E-state index is 13.7. The topological polar surface area (TPSA) is 183 Å². The van der Waals surface area contributed by atoms with Gasteiger partial charge in [-0.15, -0.1) is 0 Å². The van der Waals surface area contributed by atoms with E-state index in [2.05, 4.69) is 10.3 Å². The second-order valence-electron chi connectivity index (χ2n) is 9.78. The fraction of sp³-hybridized carbons (Fsp3) is 0.458. The van der Waals surface area contributed by atoms with Gasteiger partial charge in [0.1, 0.15) is 22.8 Å². The number of nitrogens with zero attached hydrogens (tertiary/aromatic N) is 1. The number of fused-ring (bicyclic) bond motifs is 3.